The fraction of sp³-hybridized carbons (Fsp3) is 0.812. The van der Waals surface area contributed by atoms with Crippen LogP contribution in [-0.4, -0.2) is 54.3 Å². The topological polar surface area (TPSA) is 42.3 Å². The lowest BCUT2D eigenvalue weighted by atomic mass is 9.98. The average Bonchev–Trinajstić information content (AvgIpc) is 2.78. The molecule has 1 aromatic rings. The number of piperidine rings is 1. The van der Waals surface area contributed by atoms with Crippen LogP contribution in [0.1, 0.15) is 31.9 Å². The van der Waals surface area contributed by atoms with Gasteiger partial charge in [0.1, 0.15) is 0 Å². The molecule has 0 aliphatic carbocycles. The Bertz CT molecular complexity index is 418. The lowest BCUT2D eigenvalue weighted by Crippen LogP contribution is -2.34. The number of rotatable bonds is 8. The van der Waals surface area contributed by atoms with E-state index in [2.05, 4.69) is 39.9 Å². The van der Waals surface area contributed by atoms with E-state index in [9.17, 15) is 0 Å². The van der Waals surface area contributed by atoms with Crippen LogP contribution in [0.25, 0.3) is 0 Å². The largest absolute Gasteiger partial charge is 0.382 e. The molecule has 0 amide bonds. The van der Waals surface area contributed by atoms with Gasteiger partial charge >= 0.3 is 0 Å². The molecule has 120 valence electrons. The third kappa shape index (κ3) is 5.32. The van der Waals surface area contributed by atoms with E-state index in [-0.39, 0.29) is 0 Å². The summed E-state index contributed by atoms with van der Waals surface area (Å²) in [6.45, 7) is 10.1. The quantitative estimate of drug-likeness (QED) is 0.748. The van der Waals surface area contributed by atoms with Gasteiger partial charge in [-0.3, -0.25) is 0 Å². The summed E-state index contributed by atoms with van der Waals surface area (Å²) in [4.78, 5) is 7.05. The van der Waals surface area contributed by atoms with E-state index in [1.165, 1.54) is 25.9 Å². The van der Waals surface area contributed by atoms with E-state index in [1.807, 2.05) is 6.92 Å². The van der Waals surface area contributed by atoms with Crippen molar-refractivity contribution in [2.75, 3.05) is 45.2 Å². The Morgan fingerprint density at radius 1 is 1.48 bits per heavy atom. The Kier molecular flexibility index (Phi) is 6.51. The minimum Gasteiger partial charge on any atom is -0.382 e. The van der Waals surface area contributed by atoms with Crippen molar-refractivity contribution in [3.63, 3.8) is 0 Å². The van der Waals surface area contributed by atoms with Gasteiger partial charge in [-0.1, -0.05) is 0 Å². The van der Waals surface area contributed by atoms with E-state index in [1.54, 1.807) is 0 Å². The number of ether oxygens (including phenoxy) is 1. The monoisotopic (exact) mass is 294 g/mol. The molecule has 2 rings (SSSR count). The number of nitrogens with one attached hydrogen (secondary N) is 1. The number of anilines is 1. The Balaban J connectivity index is 1.84. The fourth-order valence-electron chi connectivity index (χ4n) is 3.05. The first-order valence-corrected chi connectivity index (χ1v) is 8.23. The van der Waals surface area contributed by atoms with E-state index in [4.69, 9.17) is 4.74 Å². The van der Waals surface area contributed by atoms with Crippen LogP contribution < -0.4 is 5.32 Å². The molecule has 1 saturated heterocycles. The van der Waals surface area contributed by atoms with Crippen LogP contribution >= 0.6 is 0 Å². The fourth-order valence-corrected chi connectivity index (χ4v) is 3.05. The second kappa shape index (κ2) is 8.39. The molecule has 0 spiro atoms. The van der Waals surface area contributed by atoms with Gasteiger partial charge in [-0.25, -0.2) is 4.98 Å². The van der Waals surface area contributed by atoms with Gasteiger partial charge in [0.2, 0.25) is 5.95 Å². The predicted molar refractivity (Wildman–Crippen MR) is 86.8 cm³/mol. The third-order valence-corrected chi connectivity index (χ3v) is 4.03. The van der Waals surface area contributed by atoms with Crippen LogP contribution in [0.5, 0.6) is 0 Å². The highest BCUT2D eigenvalue weighted by Gasteiger charge is 2.18. The second-order valence-corrected chi connectivity index (χ2v) is 6.11. The van der Waals surface area contributed by atoms with Gasteiger partial charge in [0.25, 0.3) is 0 Å². The Morgan fingerprint density at radius 2 is 2.33 bits per heavy atom. The highest BCUT2D eigenvalue weighted by atomic mass is 16.5. The molecule has 5 heteroatoms. The first-order chi connectivity index (χ1) is 10.2. The van der Waals surface area contributed by atoms with Gasteiger partial charge in [-0.2, -0.15) is 0 Å². The standard InChI is InChI=1S/C16H30N4O/c1-4-21-10-6-8-17-16-18-14(2)11-20(16)13-15-7-5-9-19(3)12-15/h11,15H,4-10,12-13H2,1-3H3,(H,17,18). The van der Waals surface area contributed by atoms with Crippen LogP contribution in [-0.2, 0) is 11.3 Å². The molecule has 0 bridgehead atoms. The molecule has 0 radical (unpaired) electrons. The van der Waals surface area contributed by atoms with Gasteiger partial charge in [0, 0.05) is 39.0 Å². The van der Waals surface area contributed by atoms with Gasteiger partial charge in [-0.15, -0.1) is 0 Å². The summed E-state index contributed by atoms with van der Waals surface area (Å²) in [5, 5.41) is 3.45. The Labute approximate surface area is 128 Å². The number of aryl methyl sites for hydroxylation is 1. The summed E-state index contributed by atoms with van der Waals surface area (Å²) in [5.41, 5.74) is 1.09. The maximum Gasteiger partial charge on any atom is 0.203 e. The molecule has 1 N–H and O–H groups in total. The summed E-state index contributed by atoms with van der Waals surface area (Å²) >= 11 is 0. The van der Waals surface area contributed by atoms with Crippen LogP contribution in [0.15, 0.2) is 6.20 Å². The molecule has 1 aromatic heterocycles. The molecule has 0 saturated carbocycles. The van der Waals surface area contributed by atoms with Gasteiger partial charge in [0.05, 0.1) is 5.69 Å². The van der Waals surface area contributed by atoms with Gasteiger partial charge < -0.3 is 19.5 Å². The predicted octanol–water partition coefficient (Wildman–Crippen LogP) is 2.37. The minimum absolute atomic E-state index is 0.737. The number of hydrogen-bond donors (Lipinski definition) is 1. The van der Waals surface area contributed by atoms with E-state index >= 15 is 0 Å². The van der Waals surface area contributed by atoms with Gasteiger partial charge in [0.15, 0.2) is 0 Å². The Morgan fingerprint density at radius 3 is 3.10 bits per heavy atom. The van der Waals surface area contributed by atoms with Crippen LogP contribution in [0.4, 0.5) is 5.95 Å². The van der Waals surface area contributed by atoms with Crippen molar-refractivity contribution in [2.24, 2.45) is 5.92 Å². The smallest absolute Gasteiger partial charge is 0.203 e. The van der Waals surface area contributed by atoms with Gasteiger partial charge in [-0.05, 0) is 52.6 Å². The van der Waals surface area contributed by atoms with Crippen molar-refractivity contribution in [2.45, 2.75) is 39.7 Å². The van der Waals surface area contributed by atoms with Crippen molar-refractivity contribution in [1.29, 1.82) is 0 Å². The molecule has 5 nitrogen and oxygen atoms in total. The number of likely N-dealkylation sites (tertiary alicyclic amines) is 1. The molecule has 2 heterocycles. The van der Waals surface area contributed by atoms with Crippen molar-refractivity contribution in [3.8, 4) is 0 Å². The molecule has 1 aliphatic heterocycles. The maximum atomic E-state index is 5.37. The minimum atomic E-state index is 0.737. The molecular formula is C16H30N4O. The first-order valence-electron chi connectivity index (χ1n) is 8.23. The van der Waals surface area contributed by atoms with Crippen molar-refractivity contribution in [3.05, 3.63) is 11.9 Å². The molecule has 1 aliphatic rings. The summed E-state index contributed by atoms with van der Waals surface area (Å²) in [5.74, 6) is 1.75. The summed E-state index contributed by atoms with van der Waals surface area (Å²) in [6, 6.07) is 0. The molecule has 1 atom stereocenters. The highest BCUT2D eigenvalue weighted by molar-refractivity contribution is 5.28. The first kappa shape index (κ1) is 16.3. The zero-order chi connectivity index (χ0) is 15.1. The van der Waals surface area contributed by atoms with E-state index < -0.39 is 0 Å². The highest BCUT2D eigenvalue weighted by Crippen LogP contribution is 2.19. The number of imidazole rings is 1. The Hall–Kier alpha value is -1.07. The normalized spacial score (nSPS) is 19.9. The molecule has 0 aromatic carbocycles. The summed E-state index contributed by atoms with van der Waals surface area (Å²) in [7, 11) is 2.22. The zero-order valence-electron chi connectivity index (χ0n) is 13.8. The average molecular weight is 294 g/mol. The number of nitrogens with zero attached hydrogens (tertiary/aromatic N) is 3. The summed E-state index contributed by atoms with van der Waals surface area (Å²) < 4.78 is 7.66. The van der Waals surface area contributed by atoms with Crippen LogP contribution in [0.2, 0.25) is 0 Å². The molecular weight excluding hydrogens is 264 g/mol. The maximum absolute atomic E-state index is 5.37. The number of hydrogen-bond acceptors (Lipinski definition) is 4. The SMILES string of the molecule is CCOCCCNc1nc(C)cn1CC1CCCN(C)C1. The molecule has 1 unspecified atom stereocenters. The number of aromatic nitrogens is 2. The second-order valence-electron chi connectivity index (χ2n) is 6.11. The lowest BCUT2D eigenvalue weighted by molar-refractivity contribution is 0.147. The summed E-state index contributed by atoms with van der Waals surface area (Å²) in [6.07, 6.45) is 5.82. The third-order valence-electron chi connectivity index (χ3n) is 4.03. The van der Waals surface area contributed by atoms with E-state index in [0.29, 0.717) is 0 Å². The van der Waals surface area contributed by atoms with Crippen LogP contribution in [0.3, 0.4) is 0 Å². The van der Waals surface area contributed by atoms with Crippen molar-refractivity contribution in [1.82, 2.24) is 14.5 Å². The molecule has 1 fully saturated rings. The van der Waals surface area contributed by atoms with Crippen LogP contribution in [0, 0.1) is 12.8 Å². The lowest BCUT2D eigenvalue weighted by Gasteiger charge is -2.30. The van der Waals surface area contributed by atoms with Crippen molar-refractivity contribution >= 4 is 5.95 Å². The van der Waals surface area contributed by atoms with Crippen molar-refractivity contribution < 1.29 is 4.74 Å². The molecule has 21 heavy (non-hydrogen) atoms. The van der Waals surface area contributed by atoms with E-state index in [0.717, 1.165) is 50.3 Å². The zero-order valence-corrected chi connectivity index (χ0v) is 13.8.